The monoisotopic (exact) mass is 341 g/mol. The standard InChI is InChI=1S/C14H13Cl2N3O3/c15-8-2-1-7(5-9(8)16)12-11-10(17-14(22)18-12)6-19(3-4-20)13(11)21/h1-2,5,12,20H,3-4,6H2,(H2,17,18,22)/t12-/m1/s1. The first-order valence-corrected chi connectivity index (χ1v) is 7.42. The van der Waals surface area contributed by atoms with Gasteiger partial charge in [-0.25, -0.2) is 4.79 Å². The normalized spacial score (nSPS) is 20.9. The van der Waals surface area contributed by atoms with E-state index in [9.17, 15) is 9.59 Å². The summed E-state index contributed by atoms with van der Waals surface area (Å²) in [5.41, 5.74) is 1.70. The van der Waals surface area contributed by atoms with Gasteiger partial charge in [0.2, 0.25) is 0 Å². The van der Waals surface area contributed by atoms with Crippen LogP contribution in [0.2, 0.25) is 10.0 Å². The fourth-order valence-corrected chi connectivity index (χ4v) is 2.98. The Balaban J connectivity index is 1.99. The van der Waals surface area contributed by atoms with Gasteiger partial charge in [0, 0.05) is 6.54 Å². The lowest BCUT2D eigenvalue weighted by atomic mass is 9.96. The smallest absolute Gasteiger partial charge is 0.319 e. The Labute approximate surface area is 136 Å². The van der Waals surface area contributed by atoms with Crippen LogP contribution in [-0.2, 0) is 4.79 Å². The number of carbonyl (C=O) groups excluding carboxylic acids is 2. The number of benzene rings is 1. The van der Waals surface area contributed by atoms with Crippen LogP contribution in [0.4, 0.5) is 4.79 Å². The number of rotatable bonds is 3. The van der Waals surface area contributed by atoms with Gasteiger partial charge in [-0.3, -0.25) is 4.79 Å². The van der Waals surface area contributed by atoms with Gasteiger partial charge < -0.3 is 20.6 Å². The van der Waals surface area contributed by atoms with Crippen LogP contribution in [0.1, 0.15) is 11.6 Å². The molecule has 0 aromatic heterocycles. The number of hydrogen-bond donors (Lipinski definition) is 3. The molecule has 3 N–H and O–H groups in total. The van der Waals surface area contributed by atoms with Gasteiger partial charge >= 0.3 is 6.03 Å². The number of urea groups is 1. The van der Waals surface area contributed by atoms with Crippen molar-refractivity contribution >= 4 is 35.1 Å². The molecule has 2 heterocycles. The number of aliphatic hydroxyl groups excluding tert-OH is 1. The molecule has 2 aliphatic rings. The van der Waals surface area contributed by atoms with Gasteiger partial charge in [-0.1, -0.05) is 29.3 Å². The van der Waals surface area contributed by atoms with Crippen molar-refractivity contribution in [3.63, 3.8) is 0 Å². The summed E-state index contributed by atoms with van der Waals surface area (Å²) >= 11 is 11.9. The van der Waals surface area contributed by atoms with Crippen LogP contribution in [0.15, 0.2) is 29.5 Å². The van der Waals surface area contributed by atoms with Crippen molar-refractivity contribution in [1.29, 1.82) is 0 Å². The SMILES string of the molecule is O=C1NC2=C(C(=O)N(CCO)C2)[C@@H](c2ccc(Cl)c(Cl)c2)N1. The van der Waals surface area contributed by atoms with E-state index in [1.165, 1.54) is 4.90 Å². The second-order valence-electron chi connectivity index (χ2n) is 5.05. The maximum atomic E-state index is 12.5. The third-order valence-corrected chi connectivity index (χ3v) is 4.41. The number of amides is 3. The lowest BCUT2D eigenvalue weighted by molar-refractivity contribution is -0.126. The van der Waals surface area contributed by atoms with Crippen LogP contribution in [0.3, 0.4) is 0 Å². The second kappa shape index (κ2) is 5.79. The summed E-state index contributed by atoms with van der Waals surface area (Å²) in [6.07, 6.45) is 0. The summed E-state index contributed by atoms with van der Waals surface area (Å²) in [4.78, 5) is 25.8. The zero-order valence-corrected chi connectivity index (χ0v) is 12.9. The molecule has 0 fully saturated rings. The molecule has 0 aliphatic carbocycles. The van der Waals surface area contributed by atoms with Crippen molar-refractivity contribution in [2.75, 3.05) is 19.7 Å². The maximum Gasteiger partial charge on any atom is 0.319 e. The summed E-state index contributed by atoms with van der Waals surface area (Å²) in [5, 5.41) is 15.2. The predicted octanol–water partition coefficient (Wildman–Crippen LogP) is 1.44. The molecule has 0 unspecified atom stereocenters. The van der Waals surface area contributed by atoms with Crippen molar-refractivity contribution in [1.82, 2.24) is 15.5 Å². The van der Waals surface area contributed by atoms with E-state index in [-0.39, 0.29) is 31.6 Å². The highest BCUT2D eigenvalue weighted by molar-refractivity contribution is 6.42. The third-order valence-electron chi connectivity index (χ3n) is 3.67. The van der Waals surface area contributed by atoms with E-state index >= 15 is 0 Å². The minimum Gasteiger partial charge on any atom is -0.395 e. The van der Waals surface area contributed by atoms with E-state index in [2.05, 4.69) is 10.6 Å². The zero-order valence-electron chi connectivity index (χ0n) is 11.4. The van der Waals surface area contributed by atoms with E-state index < -0.39 is 6.04 Å². The first-order valence-electron chi connectivity index (χ1n) is 6.67. The molecule has 1 aromatic carbocycles. The van der Waals surface area contributed by atoms with Crippen molar-refractivity contribution in [3.05, 3.63) is 45.1 Å². The van der Waals surface area contributed by atoms with E-state index in [4.69, 9.17) is 28.3 Å². The highest BCUT2D eigenvalue weighted by atomic mass is 35.5. The van der Waals surface area contributed by atoms with Gasteiger partial charge in [0.15, 0.2) is 0 Å². The number of nitrogens with one attached hydrogen (secondary N) is 2. The largest absolute Gasteiger partial charge is 0.395 e. The summed E-state index contributed by atoms with van der Waals surface area (Å²) in [6, 6.07) is 4.01. The fourth-order valence-electron chi connectivity index (χ4n) is 2.67. The lowest BCUT2D eigenvalue weighted by Crippen LogP contribution is -2.44. The zero-order chi connectivity index (χ0) is 15.9. The number of β-amino-alcohol motifs (C(OH)–C–C–N with tert-alkyl or cyclic N) is 1. The van der Waals surface area contributed by atoms with Crippen LogP contribution in [0.5, 0.6) is 0 Å². The predicted molar refractivity (Wildman–Crippen MR) is 81.6 cm³/mol. The molecule has 0 bridgehead atoms. The highest BCUT2D eigenvalue weighted by Crippen LogP contribution is 2.34. The number of hydrogen-bond acceptors (Lipinski definition) is 3. The minimum atomic E-state index is -0.588. The molecule has 3 rings (SSSR count). The Morgan fingerprint density at radius 1 is 1.27 bits per heavy atom. The highest BCUT2D eigenvalue weighted by Gasteiger charge is 2.40. The molecule has 0 radical (unpaired) electrons. The number of halogens is 2. The molecule has 2 aliphatic heterocycles. The summed E-state index contributed by atoms with van der Waals surface area (Å²) in [5.74, 6) is -0.215. The van der Waals surface area contributed by atoms with E-state index in [1.807, 2.05) is 0 Å². The van der Waals surface area contributed by atoms with Crippen LogP contribution in [0, 0.1) is 0 Å². The summed E-state index contributed by atoms with van der Waals surface area (Å²) in [7, 11) is 0. The number of nitrogens with zero attached hydrogens (tertiary/aromatic N) is 1. The van der Waals surface area contributed by atoms with Gasteiger partial charge in [-0.2, -0.15) is 0 Å². The van der Waals surface area contributed by atoms with Gasteiger partial charge in [0.05, 0.1) is 40.5 Å². The Morgan fingerprint density at radius 3 is 2.73 bits per heavy atom. The summed E-state index contributed by atoms with van der Waals surface area (Å²) in [6.45, 7) is 0.362. The molecule has 0 saturated heterocycles. The number of aliphatic hydroxyl groups is 1. The lowest BCUT2D eigenvalue weighted by Gasteiger charge is -2.25. The first kappa shape index (κ1) is 15.1. The fraction of sp³-hybridized carbons (Fsp3) is 0.286. The molecule has 6 nitrogen and oxygen atoms in total. The molecule has 3 amide bonds. The van der Waals surface area contributed by atoms with Gasteiger partial charge in [-0.15, -0.1) is 0 Å². The molecular weight excluding hydrogens is 329 g/mol. The van der Waals surface area contributed by atoms with Crippen molar-refractivity contribution < 1.29 is 14.7 Å². The van der Waals surface area contributed by atoms with Crippen LogP contribution < -0.4 is 10.6 Å². The molecule has 8 heteroatoms. The number of carbonyl (C=O) groups is 2. The topological polar surface area (TPSA) is 81.7 Å². The molecule has 1 aromatic rings. The van der Waals surface area contributed by atoms with Crippen LogP contribution >= 0.6 is 23.2 Å². The van der Waals surface area contributed by atoms with E-state index in [0.29, 0.717) is 26.9 Å². The Morgan fingerprint density at radius 2 is 2.05 bits per heavy atom. The summed E-state index contributed by atoms with van der Waals surface area (Å²) < 4.78 is 0. The first-order chi connectivity index (χ1) is 10.5. The second-order valence-corrected chi connectivity index (χ2v) is 5.86. The molecule has 0 spiro atoms. The quantitative estimate of drug-likeness (QED) is 0.777. The Hall–Kier alpha value is -1.76. The van der Waals surface area contributed by atoms with Crippen LogP contribution in [0.25, 0.3) is 0 Å². The van der Waals surface area contributed by atoms with Crippen LogP contribution in [-0.4, -0.2) is 41.6 Å². The third kappa shape index (κ3) is 2.54. The average Bonchev–Trinajstić information content (AvgIpc) is 2.78. The molecule has 116 valence electrons. The van der Waals surface area contributed by atoms with E-state index in [1.54, 1.807) is 18.2 Å². The molecule has 0 saturated carbocycles. The van der Waals surface area contributed by atoms with Crippen molar-refractivity contribution in [2.24, 2.45) is 0 Å². The molecular formula is C14H13Cl2N3O3. The van der Waals surface area contributed by atoms with Crippen molar-refractivity contribution in [2.45, 2.75) is 6.04 Å². The van der Waals surface area contributed by atoms with Gasteiger partial charge in [0.1, 0.15) is 0 Å². The maximum absolute atomic E-state index is 12.5. The minimum absolute atomic E-state index is 0.134. The Bertz CT molecular complexity index is 690. The molecule has 22 heavy (non-hydrogen) atoms. The van der Waals surface area contributed by atoms with E-state index in [0.717, 1.165) is 0 Å². The Kier molecular flexibility index (Phi) is 3.99. The van der Waals surface area contributed by atoms with Gasteiger partial charge in [-0.05, 0) is 17.7 Å². The average molecular weight is 342 g/mol. The van der Waals surface area contributed by atoms with Crippen molar-refractivity contribution in [3.8, 4) is 0 Å². The molecule has 1 atom stereocenters. The van der Waals surface area contributed by atoms with Gasteiger partial charge in [0.25, 0.3) is 5.91 Å².